The molecule has 28 heavy (non-hydrogen) atoms. The lowest BCUT2D eigenvalue weighted by Gasteiger charge is -2.28. The number of likely N-dealkylation sites (tertiary alicyclic amines) is 1. The number of ether oxygens (including phenoxy) is 1. The first-order valence-corrected chi connectivity index (χ1v) is 10.7. The van der Waals surface area contributed by atoms with Gasteiger partial charge in [0.05, 0.1) is 18.9 Å². The second-order valence-electron chi connectivity index (χ2n) is 7.52. The van der Waals surface area contributed by atoms with E-state index in [0.717, 1.165) is 70.4 Å². The average Bonchev–Trinajstić information content (AvgIpc) is 3.39. The van der Waals surface area contributed by atoms with Crippen molar-refractivity contribution in [2.75, 3.05) is 45.9 Å². The Morgan fingerprint density at radius 3 is 2.82 bits per heavy atom. The van der Waals surface area contributed by atoms with Crippen LogP contribution in [0.2, 0.25) is 0 Å². The van der Waals surface area contributed by atoms with Gasteiger partial charge >= 0.3 is 0 Å². The summed E-state index contributed by atoms with van der Waals surface area (Å²) in [6.07, 6.45) is 7.67. The molecule has 1 aromatic rings. The van der Waals surface area contributed by atoms with E-state index < -0.39 is 0 Å². The maximum absolute atomic E-state index is 5.87. The zero-order valence-corrected chi connectivity index (χ0v) is 19.8. The fraction of sp³-hybridized carbons (Fsp3) is 0.762. The van der Waals surface area contributed by atoms with Crippen LogP contribution >= 0.6 is 24.0 Å². The van der Waals surface area contributed by atoms with Gasteiger partial charge in [0.2, 0.25) is 0 Å². The summed E-state index contributed by atoms with van der Waals surface area (Å²) in [5, 5.41) is 3.58. The molecule has 7 heteroatoms. The highest BCUT2D eigenvalue weighted by Crippen LogP contribution is 2.17. The van der Waals surface area contributed by atoms with E-state index in [9.17, 15) is 0 Å². The van der Waals surface area contributed by atoms with E-state index >= 15 is 0 Å². The van der Waals surface area contributed by atoms with Crippen LogP contribution in [0.5, 0.6) is 0 Å². The molecule has 0 aromatic carbocycles. The van der Waals surface area contributed by atoms with Gasteiger partial charge in [0, 0.05) is 38.7 Å². The summed E-state index contributed by atoms with van der Waals surface area (Å²) in [6, 6.07) is 4.60. The highest BCUT2D eigenvalue weighted by atomic mass is 127. The molecule has 3 heterocycles. The number of guanidine groups is 1. The number of aliphatic imine (C=N–C) groups is 1. The van der Waals surface area contributed by atoms with Crippen molar-refractivity contribution in [2.45, 2.75) is 58.1 Å². The van der Waals surface area contributed by atoms with Gasteiger partial charge in [0.1, 0.15) is 5.76 Å². The van der Waals surface area contributed by atoms with Crippen LogP contribution in [0.1, 0.15) is 45.3 Å². The van der Waals surface area contributed by atoms with Gasteiger partial charge in [-0.1, -0.05) is 13.8 Å². The minimum Gasteiger partial charge on any atom is -0.469 e. The van der Waals surface area contributed by atoms with Crippen molar-refractivity contribution in [3.63, 3.8) is 0 Å². The predicted molar refractivity (Wildman–Crippen MR) is 125 cm³/mol. The zero-order valence-electron chi connectivity index (χ0n) is 17.4. The molecule has 2 saturated heterocycles. The lowest BCUT2D eigenvalue weighted by Crippen LogP contribution is -2.44. The van der Waals surface area contributed by atoms with Crippen LogP contribution in [0.3, 0.4) is 0 Å². The third kappa shape index (κ3) is 6.91. The molecular weight excluding hydrogens is 467 g/mol. The number of furan rings is 1. The molecule has 2 aliphatic heterocycles. The van der Waals surface area contributed by atoms with Crippen molar-refractivity contribution in [2.24, 2.45) is 4.99 Å². The molecule has 0 saturated carbocycles. The highest BCUT2D eigenvalue weighted by molar-refractivity contribution is 14.0. The Morgan fingerprint density at radius 2 is 2.14 bits per heavy atom. The van der Waals surface area contributed by atoms with Crippen LogP contribution < -0.4 is 5.32 Å². The number of hydrogen-bond donors (Lipinski definition) is 1. The molecule has 0 spiro atoms. The molecule has 2 aliphatic rings. The molecule has 2 atom stereocenters. The normalized spacial score (nSPS) is 23.1. The third-order valence-electron chi connectivity index (χ3n) is 5.74. The van der Waals surface area contributed by atoms with Gasteiger partial charge in [0.25, 0.3) is 0 Å². The quantitative estimate of drug-likeness (QED) is 0.334. The third-order valence-corrected chi connectivity index (χ3v) is 5.74. The molecule has 1 aromatic heterocycles. The number of rotatable bonds is 8. The van der Waals surface area contributed by atoms with Gasteiger partial charge in [-0.15, -0.1) is 24.0 Å². The van der Waals surface area contributed by atoms with Crippen molar-refractivity contribution >= 4 is 29.9 Å². The topological polar surface area (TPSA) is 53.2 Å². The van der Waals surface area contributed by atoms with E-state index in [4.69, 9.17) is 14.1 Å². The Morgan fingerprint density at radius 1 is 1.29 bits per heavy atom. The van der Waals surface area contributed by atoms with Crippen molar-refractivity contribution in [1.82, 2.24) is 15.1 Å². The van der Waals surface area contributed by atoms with Crippen LogP contribution in [0.4, 0.5) is 0 Å². The van der Waals surface area contributed by atoms with Crippen LogP contribution in [-0.4, -0.2) is 73.8 Å². The van der Waals surface area contributed by atoms with Crippen LogP contribution in [-0.2, 0) is 11.2 Å². The molecular formula is C21H37IN4O2. The highest BCUT2D eigenvalue weighted by Gasteiger charge is 2.28. The Balaban J connectivity index is 0.00000280. The maximum Gasteiger partial charge on any atom is 0.194 e. The summed E-state index contributed by atoms with van der Waals surface area (Å²) in [7, 11) is 0. The Kier molecular flexibility index (Phi) is 10.6. The van der Waals surface area contributed by atoms with Crippen molar-refractivity contribution in [3.05, 3.63) is 24.2 Å². The van der Waals surface area contributed by atoms with Gasteiger partial charge in [-0.25, -0.2) is 0 Å². The maximum atomic E-state index is 5.87. The van der Waals surface area contributed by atoms with Crippen LogP contribution in [0.15, 0.2) is 27.8 Å². The lowest BCUT2D eigenvalue weighted by atomic mass is 10.1. The first-order chi connectivity index (χ1) is 13.3. The van der Waals surface area contributed by atoms with E-state index in [-0.39, 0.29) is 30.1 Å². The summed E-state index contributed by atoms with van der Waals surface area (Å²) in [5.74, 6) is 2.05. The number of likely N-dealkylation sites (N-methyl/N-ethyl adjacent to an activating group) is 1. The fourth-order valence-electron chi connectivity index (χ4n) is 4.13. The Bertz CT molecular complexity index is 557. The summed E-state index contributed by atoms with van der Waals surface area (Å²) < 4.78 is 11.3. The van der Waals surface area contributed by atoms with Crippen LogP contribution in [0.25, 0.3) is 0 Å². The minimum absolute atomic E-state index is 0. The molecule has 160 valence electrons. The number of hydrogen-bond acceptors (Lipinski definition) is 4. The first kappa shape index (κ1) is 23.5. The standard InChI is InChI=1S/C21H36N4O2.HI/c1-3-24(4-2)18-11-13-25(17-18)21(22-12-10-19-9-7-15-26-19)23-16-20-8-5-6-14-27-20;/h7,9,15,18,20H,3-6,8,10-14,16-17H2,1-2H3,(H,22,23);1H. The molecule has 3 rings (SSSR count). The smallest absolute Gasteiger partial charge is 0.194 e. The second-order valence-corrected chi connectivity index (χ2v) is 7.52. The summed E-state index contributed by atoms with van der Waals surface area (Å²) in [6.45, 7) is 11.3. The van der Waals surface area contributed by atoms with E-state index in [0.29, 0.717) is 6.04 Å². The van der Waals surface area contributed by atoms with E-state index in [1.54, 1.807) is 6.26 Å². The first-order valence-electron chi connectivity index (χ1n) is 10.7. The van der Waals surface area contributed by atoms with Crippen molar-refractivity contribution < 1.29 is 9.15 Å². The van der Waals surface area contributed by atoms with Gasteiger partial charge in [0.15, 0.2) is 5.96 Å². The number of nitrogens with one attached hydrogen (secondary N) is 1. The van der Waals surface area contributed by atoms with Gasteiger partial charge in [-0.2, -0.15) is 0 Å². The minimum atomic E-state index is 0. The van der Waals surface area contributed by atoms with E-state index in [1.807, 2.05) is 12.1 Å². The average molecular weight is 504 g/mol. The molecule has 0 bridgehead atoms. The van der Waals surface area contributed by atoms with Crippen molar-refractivity contribution in [1.29, 1.82) is 0 Å². The molecule has 0 radical (unpaired) electrons. The van der Waals surface area contributed by atoms with Crippen LogP contribution in [0, 0.1) is 0 Å². The monoisotopic (exact) mass is 504 g/mol. The molecule has 0 aliphatic carbocycles. The number of nitrogens with zero attached hydrogens (tertiary/aromatic N) is 3. The fourth-order valence-corrected chi connectivity index (χ4v) is 4.13. The summed E-state index contributed by atoms with van der Waals surface area (Å²) in [4.78, 5) is 9.94. The molecule has 0 amide bonds. The van der Waals surface area contributed by atoms with Gasteiger partial charge in [-0.05, 0) is 50.9 Å². The summed E-state index contributed by atoms with van der Waals surface area (Å²) >= 11 is 0. The molecule has 6 nitrogen and oxygen atoms in total. The Labute approximate surface area is 187 Å². The van der Waals surface area contributed by atoms with Gasteiger partial charge in [-0.3, -0.25) is 9.89 Å². The van der Waals surface area contributed by atoms with E-state index in [1.165, 1.54) is 19.3 Å². The number of halogens is 1. The van der Waals surface area contributed by atoms with Gasteiger partial charge < -0.3 is 19.4 Å². The lowest BCUT2D eigenvalue weighted by molar-refractivity contribution is 0.0223. The Hall–Kier alpha value is -0.800. The largest absolute Gasteiger partial charge is 0.469 e. The SMILES string of the molecule is CCN(CC)C1CCN(C(=NCC2CCCCO2)NCCc2ccco2)C1.I. The molecule has 2 fully saturated rings. The summed E-state index contributed by atoms with van der Waals surface area (Å²) in [5.41, 5.74) is 0. The van der Waals surface area contributed by atoms with E-state index in [2.05, 4.69) is 29.0 Å². The van der Waals surface area contributed by atoms with Crippen molar-refractivity contribution in [3.8, 4) is 0 Å². The molecule has 2 unspecified atom stereocenters. The predicted octanol–water partition coefficient (Wildman–Crippen LogP) is 3.37. The zero-order chi connectivity index (χ0) is 18.9. The second kappa shape index (κ2) is 12.7. The molecule has 1 N–H and O–H groups in total.